The Balaban J connectivity index is 1.92. The number of benzene rings is 3. The fraction of sp³-hybridized carbons (Fsp3) is 0.130. The lowest BCUT2D eigenvalue weighted by atomic mass is 9.81. The molecule has 1 aliphatic rings. The highest BCUT2D eigenvalue weighted by Crippen LogP contribution is 2.41. The maximum absolute atomic E-state index is 13.3. The standard InChI is InChI=1S/C23H21N3O3/c1-26-21(28)23(25-22(26)24,18-9-5-10-19(27)14-18)17-8-3-6-15(12-17)16-7-4-11-20(13-16)29-2/h3-14,27H,1-2H3,(H2,24,25). The molecule has 1 unspecified atom stereocenters. The number of aromatic hydroxyl groups is 1. The summed E-state index contributed by atoms with van der Waals surface area (Å²) in [6.07, 6.45) is 0. The number of guanidine groups is 1. The number of nitrogens with zero attached hydrogens (tertiary/aromatic N) is 2. The Bertz CT molecular complexity index is 1130. The van der Waals surface area contributed by atoms with Crippen molar-refractivity contribution in [2.45, 2.75) is 5.54 Å². The van der Waals surface area contributed by atoms with Crippen LogP contribution in [0.5, 0.6) is 11.5 Å². The third-order valence-corrected chi connectivity index (χ3v) is 5.19. The molecule has 0 aliphatic carbocycles. The summed E-state index contributed by atoms with van der Waals surface area (Å²) < 4.78 is 5.33. The summed E-state index contributed by atoms with van der Waals surface area (Å²) in [6, 6.07) is 21.9. The number of hydrogen-bond donors (Lipinski definition) is 2. The summed E-state index contributed by atoms with van der Waals surface area (Å²) in [4.78, 5) is 19.2. The maximum atomic E-state index is 13.3. The van der Waals surface area contributed by atoms with E-state index >= 15 is 0 Å². The molecule has 1 aliphatic heterocycles. The van der Waals surface area contributed by atoms with E-state index in [-0.39, 0.29) is 17.6 Å². The zero-order valence-corrected chi connectivity index (χ0v) is 16.2. The van der Waals surface area contributed by atoms with Crippen molar-refractivity contribution in [3.63, 3.8) is 0 Å². The van der Waals surface area contributed by atoms with E-state index in [0.717, 1.165) is 16.9 Å². The van der Waals surface area contributed by atoms with Gasteiger partial charge in [-0.2, -0.15) is 0 Å². The topological polar surface area (TPSA) is 88.2 Å². The first-order chi connectivity index (χ1) is 14.0. The number of carbonyl (C=O) groups is 1. The first-order valence-corrected chi connectivity index (χ1v) is 9.13. The second-order valence-corrected chi connectivity index (χ2v) is 6.91. The van der Waals surface area contributed by atoms with Gasteiger partial charge in [-0.25, -0.2) is 4.99 Å². The number of hydrogen-bond acceptors (Lipinski definition) is 5. The van der Waals surface area contributed by atoms with Crippen LogP contribution >= 0.6 is 0 Å². The summed E-state index contributed by atoms with van der Waals surface area (Å²) in [5.74, 6) is 0.657. The lowest BCUT2D eigenvalue weighted by Crippen LogP contribution is -2.41. The smallest absolute Gasteiger partial charge is 0.266 e. The minimum absolute atomic E-state index is 0.0574. The fourth-order valence-corrected chi connectivity index (χ4v) is 3.64. The first-order valence-electron chi connectivity index (χ1n) is 9.13. The summed E-state index contributed by atoms with van der Waals surface area (Å²) in [7, 11) is 3.22. The second-order valence-electron chi connectivity index (χ2n) is 6.91. The Morgan fingerprint density at radius 1 is 0.966 bits per heavy atom. The van der Waals surface area contributed by atoms with Gasteiger partial charge in [0, 0.05) is 7.05 Å². The van der Waals surface area contributed by atoms with Crippen LogP contribution in [0.3, 0.4) is 0 Å². The van der Waals surface area contributed by atoms with Crippen molar-refractivity contribution in [2.75, 3.05) is 14.2 Å². The predicted octanol–water partition coefficient (Wildman–Crippen LogP) is 3.10. The number of rotatable bonds is 4. The van der Waals surface area contributed by atoms with E-state index in [4.69, 9.17) is 10.5 Å². The molecule has 0 saturated carbocycles. The third kappa shape index (κ3) is 2.99. The number of methoxy groups -OCH3 is 1. The minimum Gasteiger partial charge on any atom is -0.508 e. The van der Waals surface area contributed by atoms with E-state index in [1.807, 2.05) is 48.5 Å². The Morgan fingerprint density at radius 2 is 1.59 bits per heavy atom. The van der Waals surface area contributed by atoms with Crippen LogP contribution in [0.1, 0.15) is 11.1 Å². The normalized spacial score (nSPS) is 18.6. The second kappa shape index (κ2) is 6.98. The summed E-state index contributed by atoms with van der Waals surface area (Å²) in [6.45, 7) is 0. The van der Waals surface area contributed by atoms with Crippen LogP contribution < -0.4 is 10.5 Å². The molecule has 3 N–H and O–H groups in total. The molecular weight excluding hydrogens is 366 g/mol. The SMILES string of the molecule is COc1cccc(-c2cccc(C3(c4cccc(O)c4)N=C(N)N(C)C3=O)c2)c1. The fourth-order valence-electron chi connectivity index (χ4n) is 3.64. The molecule has 0 bridgehead atoms. The van der Waals surface area contributed by atoms with E-state index in [2.05, 4.69) is 4.99 Å². The quantitative estimate of drug-likeness (QED) is 0.720. The average Bonchev–Trinajstić information content (AvgIpc) is 2.99. The molecule has 0 fully saturated rings. The Morgan fingerprint density at radius 3 is 2.21 bits per heavy atom. The van der Waals surface area contributed by atoms with Crippen molar-refractivity contribution in [1.29, 1.82) is 0 Å². The minimum atomic E-state index is -1.35. The largest absolute Gasteiger partial charge is 0.508 e. The highest BCUT2D eigenvalue weighted by atomic mass is 16.5. The van der Waals surface area contributed by atoms with Gasteiger partial charge in [0.2, 0.25) is 0 Å². The van der Waals surface area contributed by atoms with E-state index < -0.39 is 5.54 Å². The number of amides is 1. The molecule has 29 heavy (non-hydrogen) atoms. The lowest BCUT2D eigenvalue weighted by Gasteiger charge is -2.26. The summed E-state index contributed by atoms with van der Waals surface area (Å²) in [5.41, 5.74) is 7.75. The number of phenols is 1. The van der Waals surface area contributed by atoms with E-state index in [9.17, 15) is 9.90 Å². The molecule has 4 rings (SSSR count). The van der Waals surface area contributed by atoms with Crippen molar-refractivity contribution < 1.29 is 14.6 Å². The predicted molar refractivity (Wildman–Crippen MR) is 112 cm³/mol. The molecule has 0 radical (unpaired) electrons. The van der Waals surface area contributed by atoms with Crippen LogP contribution in [-0.4, -0.2) is 36.0 Å². The third-order valence-electron chi connectivity index (χ3n) is 5.19. The van der Waals surface area contributed by atoms with Gasteiger partial charge in [-0.1, -0.05) is 42.5 Å². The Labute approximate surface area is 168 Å². The van der Waals surface area contributed by atoms with Gasteiger partial charge in [0.05, 0.1) is 7.11 Å². The van der Waals surface area contributed by atoms with E-state index in [0.29, 0.717) is 11.1 Å². The van der Waals surface area contributed by atoms with E-state index in [1.54, 1.807) is 38.4 Å². The van der Waals surface area contributed by atoms with Gasteiger partial charge in [-0.3, -0.25) is 9.69 Å². The number of likely N-dealkylation sites (N-methyl/N-ethyl adjacent to an activating group) is 1. The maximum Gasteiger partial charge on any atom is 0.266 e. The van der Waals surface area contributed by atoms with Crippen molar-refractivity contribution in [3.8, 4) is 22.6 Å². The molecule has 6 nitrogen and oxygen atoms in total. The molecule has 0 saturated heterocycles. The Hall–Kier alpha value is -3.80. The molecule has 146 valence electrons. The zero-order chi connectivity index (χ0) is 20.6. The molecule has 6 heteroatoms. The number of nitrogens with two attached hydrogens (primary N) is 1. The first kappa shape index (κ1) is 18.6. The van der Waals surface area contributed by atoms with Crippen LogP contribution in [0, 0.1) is 0 Å². The van der Waals surface area contributed by atoms with Crippen LogP contribution in [0.25, 0.3) is 11.1 Å². The van der Waals surface area contributed by atoms with Gasteiger partial charge >= 0.3 is 0 Å². The van der Waals surface area contributed by atoms with Gasteiger partial charge in [0.1, 0.15) is 11.5 Å². The summed E-state index contributed by atoms with van der Waals surface area (Å²) in [5, 5.41) is 10.0. The van der Waals surface area contributed by atoms with Gasteiger partial charge in [0.25, 0.3) is 5.91 Å². The van der Waals surface area contributed by atoms with Crippen LogP contribution in [0.15, 0.2) is 77.8 Å². The van der Waals surface area contributed by atoms with Crippen molar-refractivity contribution in [1.82, 2.24) is 4.90 Å². The van der Waals surface area contributed by atoms with Crippen LogP contribution in [0.2, 0.25) is 0 Å². The molecule has 1 heterocycles. The highest BCUT2D eigenvalue weighted by molar-refractivity contribution is 6.09. The monoisotopic (exact) mass is 387 g/mol. The molecule has 1 amide bonds. The van der Waals surface area contributed by atoms with Crippen molar-refractivity contribution in [2.24, 2.45) is 10.7 Å². The molecular formula is C23H21N3O3. The van der Waals surface area contributed by atoms with Gasteiger partial charge in [-0.05, 0) is 52.6 Å². The lowest BCUT2D eigenvalue weighted by molar-refractivity contribution is -0.129. The molecule has 0 aromatic heterocycles. The number of carbonyl (C=O) groups excluding carboxylic acids is 1. The zero-order valence-electron chi connectivity index (χ0n) is 16.2. The Kier molecular flexibility index (Phi) is 4.47. The number of phenolic OH excluding ortho intramolecular Hbond substituents is 1. The molecule has 3 aromatic carbocycles. The van der Waals surface area contributed by atoms with E-state index in [1.165, 1.54) is 4.90 Å². The highest BCUT2D eigenvalue weighted by Gasteiger charge is 2.49. The van der Waals surface area contributed by atoms with Crippen molar-refractivity contribution >= 4 is 11.9 Å². The molecule has 3 aromatic rings. The average molecular weight is 387 g/mol. The van der Waals surface area contributed by atoms with Gasteiger partial charge < -0.3 is 15.6 Å². The van der Waals surface area contributed by atoms with Crippen molar-refractivity contribution in [3.05, 3.63) is 83.9 Å². The van der Waals surface area contributed by atoms with Crippen LogP contribution in [-0.2, 0) is 10.3 Å². The van der Waals surface area contributed by atoms with Gasteiger partial charge in [0.15, 0.2) is 11.5 Å². The number of ether oxygens (including phenoxy) is 1. The number of aliphatic imine (C=N–C) groups is 1. The van der Waals surface area contributed by atoms with Gasteiger partial charge in [-0.15, -0.1) is 0 Å². The molecule has 1 atom stereocenters. The van der Waals surface area contributed by atoms with Crippen LogP contribution in [0.4, 0.5) is 0 Å². The summed E-state index contributed by atoms with van der Waals surface area (Å²) >= 11 is 0. The molecule has 0 spiro atoms.